The van der Waals surface area contributed by atoms with Crippen LogP contribution in [0, 0.1) is 5.92 Å². The SMILES string of the molecule is O=C1CCCCCN1CCN1CCC(Cn2nc(-n3cccn3)ccc2=O)CC1. The van der Waals surface area contributed by atoms with Gasteiger partial charge in [-0.3, -0.25) is 9.59 Å². The van der Waals surface area contributed by atoms with Gasteiger partial charge in [0.1, 0.15) is 0 Å². The predicted octanol–water partition coefficient (Wildman–Crippen LogP) is 1.54. The van der Waals surface area contributed by atoms with Crippen molar-refractivity contribution in [2.45, 2.75) is 45.1 Å². The molecule has 0 bridgehead atoms. The van der Waals surface area contributed by atoms with Crippen LogP contribution in [0.15, 0.2) is 35.4 Å². The maximum Gasteiger partial charge on any atom is 0.266 e. The van der Waals surface area contributed by atoms with Gasteiger partial charge in [0, 0.05) is 51.1 Å². The Labute approximate surface area is 171 Å². The van der Waals surface area contributed by atoms with E-state index in [0.717, 1.165) is 58.4 Å². The molecule has 2 aliphatic heterocycles. The summed E-state index contributed by atoms with van der Waals surface area (Å²) in [5.41, 5.74) is -0.0667. The molecule has 2 saturated heterocycles. The standard InChI is InChI=1S/C21H30N6O2/c28-20-5-2-1-3-11-25(20)16-15-24-13-8-18(9-14-24)17-27-21(29)7-6-19(23-27)26-12-4-10-22-26/h4,6-7,10,12,18H,1-3,5,8-9,11,13-17H2. The third-order valence-electron chi connectivity index (χ3n) is 6.09. The van der Waals surface area contributed by atoms with E-state index in [1.165, 1.54) is 6.42 Å². The van der Waals surface area contributed by atoms with Crippen LogP contribution in [-0.4, -0.2) is 68.0 Å². The first kappa shape index (κ1) is 19.8. The first-order chi connectivity index (χ1) is 14.2. The zero-order valence-corrected chi connectivity index (χ0v) is 16.9. The van der Waals surface area contributed by atoms with E-state index in [0.29, 0.717) is 30.6 Å². The number of rotatable bonds is 6. The second-order valence-electron chi connectivity index (χ2n) is 8.14. The Hall–Kier alpha value is -2.48. The Balaban J connectivity index is 1.27. The summed E-state index contributed by atoms with van der Waals surface area (Å²) in [7, 11) is 0. The van der Waals surface area contributed by atoms with E-state index in [1.807, 2.05) is 17.2 Å². The molecule has 0 unspecified atom stereocenters. The van der Waals surface area contributed by atoms with Crippen molar-refractivity contribution >= 4 is 5.91 Å². The summed E-state index contributed by atoms with van der Waals surface area (Å²) in [5.74, 6) is 1.43. The maximum atomic E-state index is 12.2. The summed E-state index contributed by atoms with van der Waals surface area (Å²) >= 11 is 0. The quantitative estimate of drug-likeness (QED) is 0.738. The topological polar surface area (TPSA) is 76.3 Å². The minimum atomic E-state index is -0.0667. The van der Waals surface area contributed by atoms with Crippen molar-refractivity contribution < 1.29 is 4.79 Å². The van der Waals surface area contributed by atoms with E-state index >= 15 is 0 Å². The highest BCUT2D eigenvalue weighted by Crippen LogP contribution is 2.19. The first-order valence-corrected chi connectivity index (χ1v) is 10.8. The molecule has 2 aromatic heterocycles. The minimum Gasteiger partial charge on any atom is -0.341 e. The number of piperidine rings is 1. The Morgan fingerprint density at radius 2 is 1.86 bits per heavy atom. The lowest BCUT2D eigenvalue weighted by Gasteiger charge is -2.33. The van der Waals surface area contributed by atoms with Gasteiger partial charge in [-0.25, -0.2) is 9.36 Å². The van der Waals surface area contributed by atoms with Crippen LogP contribution in [-0.2, 0) is 11.3 Å². The van der Waals surface area contributed by atoms with Crippen LogP contribution in [0.25, 0.3) is 5.82 Å². The fourth-order valence-electron chi connectivity index (χ4n) is 4.27. The van der Waals surface area contributed by atoms with E-state index in [1.54, 1.807) is 27.7 Å². The normalized spacial score (nSPS) is 19.4. The van der Waals surface area contributed by atoms with Gasteiger partial charge in [0.2, 0.25) is 5.91 Å². The molecule has 0 atom stereocenters. The zero-order chi connectivity index (χ0) is 20.1. The summed E-state index contributed by atoms with van der Waals surface area (Å²) in [6, 6.07) is 5.11. The largest absolute Gasteiger partial charge is 0.341 e. The Morgan fingerprint density at radius 3 is 2.66 bits per heavy atom. The van der Waals surface area contributed by atoms with Crippen LogP contribution >= 0.6 is 0 Å². The molecule has 0 spiro atoms. The second kappa shape index (κ2) is 9.35. The Kier molecular flexibility index (Phi) is 6.39. The van der Waals surface area contributed by atoms with Gasteiger partial charge in [-0.05, 0) is 56.8 Å². The summed E-state index contributed by atoms with van der Waals surface area (Å²) < 4.78 is 3.25. The van der Waals surface area contributed by atoms with E-state index < -0.39 is 0 Å². The van der Waals surface area contributed by atoms with Crippen LogP contribution < -0.4 is 5.56 Å². The van der Waals surface area contributed by atoms with Crippen LogP contribution in [0.4, 0.5) is 0 Å². The summed E-state index contributed by atoms with van der Waals surface area (Å²) in [6.45, 7) is 5.38. The van der Waals surface area contributed by atoms with Gasteiger partial charge in [0.25, 0.3) is 5.56 Å². The molecular formula is C21H30N6O2. The van der Waals surface area contributed by atoms with Crippen molar-refractivity contribution in [1.29, 1.82) is 0 Å². The highest BCUT2D eigenvalue weighted by Gasteiger charge is 2.22. The van der Waals surface area contributed by atoms with E-state index in [2.05, 4.69) is 15.1 Å². The number of nitrogens with zero attached hydrogens (tertiary/aromatic N) is 6. The molecule has 0 aliphatic carbocycles. The Morgan fingerprint density at radius 1 is 1.00 bits per heavy atom. The van der Waals surface area contributed by atoms with Gasteiger partial charge in [-0.2, -0.15) is 5.10 Å². The van der Waals surface area contributed by atoms with Crippen LogP contribution in [0.1, 0.15) is 38.5 Å². The highest BCUT2D eigenvalue weighted by molar-refractivity contribution is 5.76. The average Bonchev–Trinajstić information content (AvgIpc) is 3.19. The molecule has 4 rings (SSSR count). The smallest absolute Gasteiger partial charge is 0.266 e. The number of likely N-dealkylation sites (tertiary alicyclic amines) is 2. The monoisotopic (exact) mass is 398 g/mol. The van der Waals surface area contributed by atoms with Crippen LogP contribution in [0.5, 0.6) is 0 Å². The molecule has 1 amide bonds. The van der Waals surface area contributed by atoms with Gasteiger partial charge in [0.15, 0.2) is 5.82 Å². The van der Waals surface area contributed by atoms with Gasteiger partial charge >= 0.3 is 0 Å². The fourth-order valence-corrected chi connectivity index (χ4v) is 4.27. The molecule has 2 aliphatic rings. The van der Waals surface area contributed by atoms with Crippen molar-refractivity contribution in [3.8, 4) is 5.82 Å². The van der Waals surface area contributed by atoms with Crippen molar-refractivity contribution in [2.24, 2.45) is 5.92 Å². The van der Waals surface area contributed by atoms with Gasteiger partial charge in [0.05, 0.1) is 0 Å². The van der Waals surface area contributed by atoms with Crippen molar-refractivity contribution in [1.82, 2.24) is 29.4 Å². The van der Waals surface area contributed by atoms with E-state index in [-0.39, 0.29) is 5.56 Å². The number of carbonyl (C=O) groups excluding carboxylic acids is 1. The third kappa shape index (κ3) is 5.12. The maximum absolute atomic E-state index is 12.2. The van der Waals surface area contributed by atoms with Gasteiger partial charge in [-0.15, -0.1) is 5.10 Å². The van der Waals surface area contributed by atoms with E-state index in [4.69, 9.17) is 0 Å². The lowest BCUT2D eigenvalue weighted by Crippen LogP contribution is -2.42. The van der Waals surface area contributed by atoms with Gasteiger partial charge < -0.3 is 9.80 Å². The number of aromatic nitrogens is 4. The Bertz CT molecular complexity index is 854. The van der Waals surface area contributed by atoms with Crippen molar-refractivity contribution in [2.75, 3.05) is 32.7 Å². The van der Waals surface area contributed by atoms with Crippen molar-refractivity contribution in [3.63, 3.8) is 0 Å². The lowest BCUT2D eigenvalue weighted by atomic mass is 9.97. The molecule has 4 heterocycles. The van der Waals surface area contributed by atoms with Crippen molar-refractivity contribution in [3.05, 3.63) is 40.9 Å². The molecule has 8 heteroatoms. The summed E-state index contributed by atoms with van der Waals surface area (Å²) in [5, 5.41) is 8.68. The first-order valence-electron chi connectivity index (χ1n) is 10.8. The molecule has 156 valence electrons. The number of amides is 1. The average molecular weight is 399 g/mol. The molecule has 8 nitrogen and oxygen atoms in total. The molecule has 2 aromatic rings. The molecule has 0 N–H and O–H groups in total. The lowest BCUT2D eigenvalue weighted by molar-refractivity contribution is -0.130. The predicted molar refractivity (Wildman–Crippen MR) is 110 cm³/mol. The summed E-state index contributed by atoms with van der Waals surface area (Å²) in [6.07, 6.45) is 9.67. The molecule has 2 fully saturated rings. The van der Waals surface area contributed by atoms with Gasteiger partial charge in [-0.1, -0.05) is 6.42 Å². The number of carbonyl (C=O) groups is 1. The summed E-state index contributed by atoms with van der Waals surface area (Å²) in [4.78, 5) is 28.9. The number of hydrogen-bond donors (Lipinski definition) is 0. The zero-order valence-electron chi connectivity index (χ0n) is 16.9. The minimum absolute atomic E-state index is 0.0667. The molecular weight excluding hydrogens is 368 g/mol. The second-order valence-corrected chi connectivity index (χ2v) is 8.14. The highest BCUT2D eigenvalue weighted by atomic mass is 16.2. The molecule has 0 aromatic carbocycles. The van der Waals surface area contributed by atoms with Crippen LogP contribution in [0.3, 0.4) is 0 Å². The molecule has 29 heavy (non-hydrogen) atoms. The van der Waals surface area contributed by atoms with E-state index in [9.17, 15) is 9.59 Å². The third-order valence-corrected chi connectivity index (χ3v) is 6.09. The van der Waals surface area contributed by atoms with Crippen LogP contribution in [0.2, 0.25) is 0 Å². The fraction of sp³-hybridized carbons (Fsp3) is 0.619. The number of hydrogen-bond acceptors (Lipinski definition) is 5. The molecule has 0 saturated carbocycles. The molecule has 0 radical (unpaired) electrons.